The van der Waals surface area contributed by atoms with E-state index in [9.17, 15) is 4.79 Å². The van der Waals surface area contributed by atoms with Gasteiger partial charge in [0.15, 0.2) is 28.1 Å². The number of fused-ring (bicyclic) bond motifs is 1. The summed E-state index contributed by atoms with van der Waals surface area (Å²) in [5.74, 6) is 2.81. The van der Waals surface area contributed by atoms with Crippen LogP contribution in [-0.2, 0) is 6.54 Å². The van der Waals surface area contributed by atoms with Crippen LogP contribution in [0, 0.1) is 0 Å². The molecule has 4 aromatic rings. The first-order chi connectivity index (χ1) is 17.1. The van der Waals surface area contributed by atoms with Crippen molar-refractivity contribution in [3.8, 4) is 17.2 Å². The van der Waals surface area contributed by atoms with Gasteiger partial charge in [-0.05, 0) is 12.0 Å². The van der Waals surface area contributed by atoms with Gasteiger partial charge in [-0.2, -0.15) is 0 Å². The monoisotopic (exact) mass is 493 g/mol. The highest BCUT2D eigenvalue weighted by Crippen LogP contribution is 2.41. The van der Waals surface area contributed by atoms with E-state index in [2.05, 4.69) is 17.2 Å². The standard InChI is InChI=1S/C25H27N5O4S/c1-5-11-35-25-28-23(27-17-12-18(32-2)22(34-4)19(13-17)33-3)21-24(29-25)30(20(31)14-26-21)15-16-9-7-6-8-10-16/h6-10,12-14H,5,11,15H2,1-4H3,(H,27,28,29). The van der Waals surface area contributed by atoms with Crippen molar-refractivity contribution >= 4 is 34.4 Å². The summed E-state index contributed by atoms with van der Waals surface area (Å²) in [6.45, 7) is 2.47. The van der Waals surface area contributed by atoms with Crippen molar-refractivity contribution in [3.63, 3.8) is 0 Å². The summed E-state index contributed by atoms with van der Waals surface area (Å²) >= 11 is 1.53. The van der Waals surface area contributed by atoms with Gasteiger partial charge in [-0.1, -0.05) is 49.0 Å². The molecule has 10 heteroatoms. The molecule has 0 unspecified atom stereocenters. The van der Waals surface area contributed by atoms with Crippen LogP contribution in [0.1, 0.15) is 18.9 Å². The molecule has 0 spiro atoms. The molecule has 2 heterocycles. The number of anilines is 2. The number of nitrogens with zero attached hydrogens (tertiary/aromatic N) is 4. The molecule has 9 nitrogen and oxygen atoms in total. The molecule has 4 rings (SSSR count). The summed E-state index contributed by atoms with van der Waals surface area (Å²) < 4.78 is 18.0. The number of benzene rings is 2. The molecule has 35 heavy (non-hydrogen) atoms. The maximum atomic E-state index is 12.8. The third-order valence-corrected chi connectivity index (χ3v) is 6.27. The lowest BCUT2D eigenvalue weighted by atomic mass is 10.2. The molecular formula is C25H27N5O4S. The number of hydrogen-bond donors (Lipinski definition) is 1. The van der Waals surface area contributed by atoms with Crippen molar-refractivity contribution in [2.24, 2.45) is 0 Å². The van der Waals surface area contributed by atoms with Crippen LogP contribution in [0.2, 0.25) is 0 Å². The van der Waals surface area contributed by atoms with Gasteiger partial charge < -0.3 is 19.5 Å². The fraction of sp³-hybridized carbons (Fsp3) is 0.280. The molecule has 0 bridgehead atoms. The van der Waals surface area contributed by atoms with E-state index in [-0.39, 0.29) is 5.56 Å². The van der Waals surface area contributed by atoms with E-state index >= 15 is 0 Å². The Morgan fingerprint density at radius 3 is 2.34 bits per heavy atom. The SMILES string of the molecule is CCCSc1nc(Nc2cc(OC)c(OC)c(OC)c2)c2ncc(=O)n(Cc3ccccc3)c2n1. The van der Waals surface area contributed by atoms with E-state index < -0.39 is 0 Å². The van der Waals surface area contributed by atoms with Crippen molar-refractivity contribution in [1.82, 2.24) is 19.5 Å². The summed E-state index contributed by atoms with van der Waals surface area (Å²) in [7, 11) is 4.67. The predicted octanol–water partition coefficient (Wildman–Crippen LogP) is 4.51. The smallest absolute Gasteiger partial charge is 0.270 e. The molecule has 0 aliphatic heterocycles. The lowest BCUT2D eigenvalue weighted by Crippen LogP contribution is -2.22. The molecule has 182 valence electrons. The van der Waals surface area contributed by atoms with E-state index in [4.69, 9.17) is 24.2 Å². The third-order valence-electron chi connectivity index (χ3n) is 5.22. The van der Waals surface area contributed by atoms with Gasteiger partial charge in [-0.15, -0.1) is 0 Å². The quantitative estimate of drug-likeness (QED) is 0.253. The minimum atomic E-state index is -0.231. The average Bonchev–Trinajstić information content (AvgIpc) is 2.89. The molecule has 2 aromatic heterocycles. The molecular weight excluding hydrogens is 466 g/mol. The van der Waals surface area contributed by atoms with Crippen molar-refractivity contribution in [1.29, 1.82) is 0 Å². The Morgan fingerprint density at radius 2 is 1.71 bits per heavy atom. The van der Waals surface area contributed by atoms with E-state index in [0.717, 1.165) is 17.7 Å². The first-order valence-electron chi connectivity index (χ1n) is 11.1. The number of aromatic nitrogens is 4. The second-order valence-electron chi connectivity index (χ2n) is 7.58. The minimum Gasteiger partial charge on any atom is -0.493 e. The molecule has 0 saturated carbocycles. The van der Waals surface area contributed by atoms with E-state index in [1.165, 1.54) is 18.0 Å². The highest BCUT2D eigenvalue weighted by molar-refractivity contribution is 7.99. The van der Waals surface area contributed by atoms with Gasteiger partial charge in [-0.3, -0.25) is 9.36 Å². The van der Waals surface area contributed by atoms with E-state index in [1.807, 2.05) is 30.3 Å². The molecule has 0 amide bonds. The second-order valence-corrected chi connectivity index (χ2v) is 8.64. The lowest BCUT2D eigenvalue weighted by Gasteiger charge is -2.16. The predicted molar refractivity (Wildman–Crippen MR) is 138 cm³/mol. The first kappa shape index (κ1) is 24.3. The molecule has 2 aromatic carbocycles. The van der Waals surface area contributed by atoms with Crippen molar-refractivity contribution < 1.29 is 14.2 Å². The normalized spacial score (nSPS) is 10.9. The van der Waals surface area contributed by atoms with Crippen LogP contribution in [0.5, 0.6) is 17.2 Å². The van der Waals surface area contributed by atoms with Gasteiger partial charge in [-0.25, -0.2) is 15.0 Å². The maximum absolute atomic E-state index is 12.8. The number of rotatable bonds is 10. The van der Waals surface area contributed by atoms with Crippen molar-refractivity contribution in [2.75, 3.05) is 32.4 Å². The molecule has 1 N–H and O–H groups in total. The molecule has 0 radical (unpaired) electrons. The van der Waals surface area contributed by atoms with Gasteiger partial charge >= 0.3 is 0 Å². The Morgan fingerprint density at radius 1 is 1.00 bits per heavy atom. The van der Waals surface area contributed by atoms with Crippen LogP contribution in [0.15, 0.2) is 58.6 Å². The van der Waals surface area contributed by atoms with Gasteiger partial charge in [0.25, 0.3) is 5.56 Å². The van der Waals surface area contributed by atoms with Crippen LogP contribution in [0.3, 0.4) is 0 Å². The summed E-state index contributed by atoms with van der Waals surface area (Å²) in [6, 6.07) is 13.3. The van der Waals surface area contributed by atoms with Crippen LogP contribution in [0.25, 0.3) is 11.2 Å². The Hall–Kier alpha value is -3.79. The third kappa shape index (κ3) is 5.32. The summed E-state index contributed by atoms with van der Waals surface area (Å²) in [6.07, 6.45) is 2.26. The Balaban J connectivity index is 1.86. The highest BCUT2D eigenvalue weighted by atomic mass is 32.2. The lowest BCUT2D eigenvalue weighted by molar-refractivity contribution is 0.324. The van der Waals surface area contributed by atoms with Crippen LogP contribution in [-0.4, -0.2) is 46.6 Å². The molecule has 0 atom stereocenters. The van der Waals surface area contributed by atoms with E-state index in [0.29, 0.717) is 51.6 Å². The summed E-state index contributed by atoms with van der Waals surface area (Å²) in [5, 5.41) is 3.88. The highest BCUT2D eigenvalue weighted by Gasteiger charge is 2.18. The number of hydrogen-bond acceptors (Lipinski definition) is 9. The number of thioether (sulfide) groups is 1. The van der Waals surface area contributed by atoms with Gasteiger partial charge in [0, 0.05) is 23.6 Å². The van der Waals surface area contributed by atoms with Gasteiger partial charge in [0.2, 0.25) is 5.75 Å². The first-order valence-corrected chi connectivity index (χ1v) is 12.1. The molecule has 0 saturated heterocycles. The fourth-order valence-electron chi connectivity index (χ4n) is 3.58. The largest absolute Gasteiger partial charge is 0.493 e. The fourth-order valence-corrected chi connectivity index (χ4v) is 4.27. The minimum absolute atomic E-state index is 0.231. The van der Waals surface area contributed by atoms with Crippen molar-refractivity contribution in [2.45, 2.75) is 25.0 Å². The van der Waals surface area contributed by atoms with Crippen LogP contribution in [0.4, 0.5) is 11.5 Å². The zero-order chi connectivity index (χ0) is 24.8. The maximum Gasteiger partial charge on any atom is 0.270 e. The van der Waals surface area contributed by atoms with Crippen LogP contribution < -0.4 is 25.1 Å². The number of ether oxygens (including phenoxy) is 3. The Bertz CT molecular complexity index is 1350. The average molecular weight is 494 g/mol. The topological polar surface area (TPSA) is 100 Å². The van der Waals surface area contributed by atoms with Gasteiger partial charge in [0.1, 0.15) is 5.52 Å². The van der Waals surface area contributed by atoms with E-state index in [1.54, 1.807) is 38.0 Å². The number of methoxy groups -OCH3 is 3. The molecule has 0 fully saturated rings. The summed E-state index contributed by atoms with van der Waals surface area (Å²) in [4.78, 5) is 26.7. The van der Waals surface area contributed by atoms with Gasteiger partial charge in [0.05, 0.1) is 34.1 Å². The van der Waals surface area contributed by atoms with Crippen molar-refractivity contribution in [3.05, 3.63) is 64.6 Å². The second kappa shape index (κ2) is 11.1. The number of nitrogens with one attached hydrogen (secondary N) is 1. The van der Waals surface area contributed by atoms with Crippen LogP contribution >= 0.6 is 11.8 Å². The zero-order valence-corrected chi connectivity index (χ0v) is 20.9. The zero-order valence-electron chi connectivity index (χ0n) is 20.1. The molecule has 0 aliphatic carbocycles. The molecule has 0 aliphatic rings. The summed E-state index contributed by atoms with van der Waals surface area (Å²) in [5.41, 5.74) is 2.36. The Kier molecular flexibility index (Phi) is 7.71. The Labute approximate surface area is 207 Å².